The van der Waals surface area contributed by atoms with Crippen molar-refractivity contribution >= 4 is 12.2 Å². The van der Waals surface area contributed by atoms with Crippen LogP contribution in [0.2, 0.25) is 0 Å². The molecule has 0 saturated carbocycles. The summed E-state index contributed by atoms with van der Waals surface area (Å²) in [5.41, 5.74) is 5.54. The molecule has 2 rings (SSSR count). The van der Waals surface area contributed by atoms with Crippen molar-refractivity contribution in [2.45, 2.75) is 92.2 Å². The van der Waals surface area contributed by atoms with Gasteiger partial charge in [0.25, 0.3) is 0 Å². The molecule has 0 N–H and O–H groups in total. The lowest BCUT2D eigenvalue weighted by Crippen LogP contribution is -3.00. The van der Waals surface area contributed by atoms with Crippen molar-refractivity contribution < 1.29 is 33.8 Å². The van der Waals surface area contributed by atoms with E-state index in [0.717, 1.165) is 13.1 Å². The van der Waals surface area contributed by atoms with Crippen LogP contribution in [0.5, 0.6) is 0 Å². The molecule has 0 saturated heterocycles. The van der Waals surface area contributed by atoms with Crippen LogP contribution in [0.25, 0.3) is 12.2 Å². The van der Waals surface area contributed by atoms with E-state index in [2.05, 4.69) is 102 Å². The predicted octanol–water partition coefficient (Wildman–Crippen LogP) is 3.51. The van der Waals surface area contributed by atoms with E-state index in [0.29, 0.717) is 0 Å². The van der Waals surface area contributed by atoms with E-state index in [1.165, 1.54) is 122 Å². The SMILES string of the molecule is C=Cc1ccccc1C[N+](CCCC)(CCCC)CC[N+](CCCC)(CCCC)Cc1ccccc1C=C.[Cl-].[Cl-]. The molecular weight excluding hydrogens is 531 g/mol. The van der Waals surface area contributed by atoms with Crippen LogP contribution in [0.15, 0.2) is 61.7 Å². The highest BCUT2D eigenvalue weighted by Crippen LogP contribution is 2.26. The van der Waals surface area contributed by atoms with Crippen molar-refractivity contribution in [2.75, 3.05) is 39.3 Å². The highest BCUT2D eigenvalue weighted by molar-refractivity contribution is 5.52. The molecule has 40 heavy (non-hydrogen) atoms. The minimum atomic E-state index is 0. The molecule has 0 radical (unpaired) electrons. The molecule has 2 nitrogen and oxygen atoms in total. The smallest absolute Gasteiger partial charge is 0.129 e. The fourth-order valence-electron chi connectivity index (χ4n) is 6.02. The van der Waals surface area contributed by atoms with Crippen LogP contribution >= 0.6 is 0 Å². The quantitative estimate of drug-likeness (QED) is 0.196. The lowest BCUT2D eigenvalue weighted by molar-refractivity contribution is -0.993. The molecule has 0 aliphatic rings. The normalized spacial score (nSPS) is 11.4. The molecular formula is C36H58Cl2N2. The summed E-state index contributed by atoms with van der Waals surface area (Å²) in [6, 6.07) is 17.9. The Morgan fingerprint density at radius 2 is 0.800 bits per heavy atom. The summed E-state index contributed by atoms with van der Waals surface area (Å²) >= 11 is 0. The van der Waals surface area contributed by atoms with E-state index in [1.54, 1.807) is 0 Å². The third-order valence-corrected chi connectivity index (χ3v) is 8.55. The average Bonchev–Trinajstić information content (AvgIpc) is 2.96. The third-order valence-electron chi connectivity index (χ3n) is 8.55. The maximum atomic E-state index is 4.14. The predicted molar refractivity (Wildman–Crippen MR) is 170 cm³/mol. The minimum Gasteiger partial charge on any atom is -1.00 e. The van der Waals surface area contributed by atoms with E-state index < -0.39 is 0 Å². The first-order valence-electron chi connectivity index (χ1n) is 15.6. The van der Waals surface area contributed by atoms with Gasteiger partial charge in [0.05, 0.1) is 26.2 Å². The molecule has 0 fully saturated rings. The van der Waals surface area contributed by atoms with Crippen molar-refractivity contribution in [1.82, 2.24) is 0 Å². The Balaban J connectivity index is 0.00000760. The summed E-state index contributed by atoms with van der Waals surface area (Å²) in [7, 11) is 0. The molecule has 2 aromatic rings. The van der Waals surface area contributed by atoms with Gasteiger partial charge >= 0.3 is 0 Å². The van der Waals surface area contributed by atoms with E-state index in [4.69, 9.17) is 0 Å². The van der Waals surface area contributed by atoms with Gasteiger partial charge in [-0.15, -0.1) is 0 Å². The largest absolute Gasteiger partial charge is 1.00 e. The molecule has 0 amide bonds. The highest BCUT2D eigenvalue weighted by atomic mass is 35.5. The van der Waals surface area contributed by atoms with Gasteiger partial charge in [-0.3, -0.25) is 0 Å². The fraction of sp³-hybridized carbons (Fsp3) is 0.556. The highest BCUT2D eigenvalue weighted by Gasteiger charge is 2.35. The molecule has 0 aliphatic heterocycles. The number of hydrogen-bond acceptors (Lipinski definition) is 0. The van der Waals surface area contributed by atoms with Crippen LogP contribution in [0.1, 0.15) is 101 Å². The third kappa shape index (κ3) is 12.1. The minimum absolute atomic E-state index is 0. The molecule has 0 heterocycles. The Hall–Kier alpha value is -1.58. The van der Waals surface area contributed by atoms with Crippen molar-refractivity contribution in [1.29, 1.82) is 0 Å². The zero-order valence-electron chi connectivity index (χ0n) is 26.2. The Kier molecular flexibility index (Phi) is 20.3. The fourth-order valence-corrected chi connectivity index (χ4v) is 6.02. The van der Waals surface area contributed by atoms with Gasteiger partial charge in [0.15, 0.2) is 0 Å². The molecule has 0 atom stereocenters. The van der Waals surface area contributed by atoms with Crippen LogP contribution in [-0.4, -0.2) is 48.2 Å². The topological polar surface area (TPSA) is 0 Å². The lowest BCUT2D eigenvalue weighted by atomic mass is 10.0. The second-order valence-electron chi connectivity index (χ2n) is 11.6. The monoisotopic (exact) mass is 588 g/mol. The van der Waals surface area contributed by atoms with Crippen molar-refractivity contribution in [3.8, 4) is 0 Å². The summed E-state index contributed by atoms with van der Waals surface area (Å²) in [6.07, 6.45) is 14.3. The maximum absolute atomic E-state index is 4.14. The summed E-state index contributed by atoms with van der Waals surface area (Å²) in [5, 5.41) is 0. The molecule has 0 bridgehead atoms. The van der Waals surface area contributed by atoms with Gasteiger partial charge in [-0.05, 0) is 36.8 Å². The summed E-state index contributed by atoms with van der Waals surface area (Å²) in [5.74, 6) is 0. The lowest BCUT2D eigenvalue weighted by Gasteiger charge is -2.45. The van der Waals surface area contributed by atoms with E-state index in [-0.39, 0.29) is 24.8 Å². The number of benzene rings is 2. The Morgan fingerprint density at radius 3 is 1.07 bits per heavy atom. The van der Waals surface area contributed by atoms with Gasteiger partial charge in [-0.2, -0.15) is 0 Å². The van der Waals surface area contributed by atoms with Crippen molar-refractivity contribution in [3.05, 3.63) is 83.9 Å². The standard InChI is InChI=1S/C36H58N2.2ClH/c1-7-13-25-37(26-14-8-2,31-35-23-19-17-21-33(35)11-5)29-30-38(27-15-9-3,28-16-10-4)32-36-24-20-18-22-34(36)12-6;;/h11-12,17-24H,5-10,13-16,25-32H2,1-4H3;2*1H/q+2;;/p-2. The second-order valence-corrected chi connectivity index (χ2v) is 11.6. The number of halogens is 2. The van der Waals surface area contributed by atoms with E-state index >= 15 is 0 Å². The molecule has 0 aromatic heterocycles. The van der Waals surface area contributed by atoms with Gasteiger partial charge in [0.2, 0.25) is 0 Å². The first-order valence-corrected chi connectivity index (χ1v) is 15.6. The Bertz CT molecular complexity index is 862. The summed E-state index contributed by atoms with van der Waals surface area (Å²) in [6.45, 7) is 27.5. The van der Waals surface area contributed by atoms with Crippen LogP contribution in [0.3, 0.4) is 0 Å². The van der Waals surface area contributed by atoms with E-state index in [1.807, 2.05) is 0 Å². The number of unbranched alkanes of at least 4 members (excludes halogenated alkanes) is 4. The molecule has 0 aliphatic carbocycles. The molecule has 4 heteroatoms. The number of rotatable bonds is 21. The average molecular weight is 590 g/mol. The number of nitrogens with zero attached hydrogens (tertiary/aromatic N) is 2. The molecule has 226 valence electrons. The molecule has 0 spiro atoms. The van der Waals surface area contributed by atoms with Gasteiger partial charge in [0, 0.05) is 11.1 Å². The van der Waals surface area contributed by atoms with Crippen LogP contribution in [0.4, 0.5) is 0 Å². The first-order chi connectivity index (χ1) is 18.5. The number of hydrogen-bond donors (Lipinski definition) is 0. The zero-order chi connectivity index (χ0) is 27.7. The Morgan fingerprint density at radius 1 is 0.500 bits per heavy atom. The number of quaternary nitrogens is 2. The summed E-state index contributed by atoms with van der Waals surface area (Å²) in [4.78, 5) is 0. The van der Waals surface area contributed by atoms with Gasteiger partial charge in [0.1, 0.15) is 26.2 Å². The zero-order valence-corrected chi connectivity index (χ0v) is 27.7. The van der Waals surface area contributed by atoms with Crippen molar-refractivity contribution in [3.63, 3.8) is 0 Å². The van der Waals surface area contributed by atoms with Crippen LogP contribution < -0.4 is 24.8 Å². The van der Waals surface area contributed by atoms with Gasteiger partial charge in [-0.25, -0.2) is 0 Å². The van der Waals surface area contributed by atoms with Crippen LogP contribution in [0, 0.1) is 0 Å². The van der Waals surface area contributed by atoms with Gasteiger partial charge in [-0.1, -0.05) is 127 Å². The molecule has 0 unspecified atom stereocenters. The molecule has 2 aromatic carbocycles. The van der Waals surface area contributed by atoms with Crippen molar-refractivity contribution in [2.24, 2.45) is 0 Å². The first kappa shape index (κ1) is 38.4. The van der Waals surface area contributed by atoms with Gasteiger partial charge < -0.3 is 33.8 Å². The second kappa shape index (κ2) is 21.2. The van der Waals surface area contributed by atoms with E-state index in [9.17, 15) is 0 Å². The Labute approximate surface area is 260 Å². The maximum Gasteiger partial charge on any atom is 0.129 e. The van der Waals surface area contributed by atoms with Crippen LogP contribution in [-0.2, 0) is 13.1 Å². The summed E-state index contributed by atoms with van der Waals surface area (Å²) < 4.78 is 2.40.